The van der Waals surface area contributed by atoms with Crippen LogP contribution >= 0.6 is 0 Å². The van der Waals surface area contributed by atoms with Crippen LogP contribution in [-0.4, -0.2) is 18.7 Å². The maximum atomic E-state index is 10.8. The molecule has 0 rings (SSSR count). The third-order valence-electron chi connectivity index (χ3n) is 1.18. The SMILES string of the molecule is C=C(CC)C(=O)C(=O)NC. The summed E-state index contributed by atoms with van der Waals surface area (Å²) < 4.78 is 0. The molecule has 0 aliphatic rings. The van der Waals surface area contributed by atoms with Gasteiger partial charge in [0.2, 0.25) is 5.78 Å². The molecule has 1 amide bonds. The minimum absolute atomic E-state index is 0.347. The van der Waals surface area contributed by atoms with E-state index in [-0.39, 0.29) is 0 Å². The fourth-order valence-electron chi connectivity index (χ4n) is 0.435. The summed E-state index contributed by atoms with van der Waals surface area (Å²) in [5.74, 6) is -1.11. The molecule has 0 saturated heterocycles. The van der Waals surface area contributed by atoms with Gasteiger partial charge in [-0.25, -0.2) is 0 Å². The minimum Gasteiger partial charge on any atom is -0.352 e. The first-order valence-electron chi connectivity index (χ1n) is 3.07. The van der Waals surface area contributed by atoms with Crippen molar-refractivity contribution in [2.24, 2.45) is 0 Å². The Hall–Kier alpha value is -1.12. The summed E-state index contributed by atoms with van der Waals surface area (Å²) in [6.07, 6.45) is 0.520. The van der Waals surface area contributed by atoms with E-state index in [0.717, 1.165) is 0 Å². The summed E-state index contributed by atoms with van der Waals surface area (Å²) in [4.78, 5) is 21.4. The van der Waals surface area contributed by atoms with Crippen LogP contribution in [0.25, 0.3) is 0 Å². The quantitative estimate of drug-likeness (QED) is 0.453. The molecule has 0 bridgehead atoms. The Balaban J connectivity index is 4.09. The van der Waals surface area contributed by atoms with Crippen LogP contribution in [0.2, 0.25) is 0 Å². The highest BCUT2D eigenvalue weighted by atomic mass is 16.2. The molecule has 0 heterocycles. The number of likely N-dealkylation sites (N-methyl/N-ethyl adjacent to an activating group) is 1. The molecule has 0 fully saturated rings. The Kier molecular flexibility index (Phi) is 3.39. The normalized spacial score (nSPS) is 8.60. The molecule has 1 N–H and O–H groups in total. The Morgan fingerprint density at radius 2 is 2.00 bits per heavy atom. The third kappa shape index (κ3) is 2.01. The van der Waals surface area contributed by atoms with Crippen molar-refractivity contribution in [3.05, 3.63) is 12.2 Å². The van der Waals surface area contributed by atoms with Crippen molar-refractivity contribution in [1.82, 2.24) is 5.32 Å². The highest BCUT2D eigenvalue weighted by Crippen LogP contribution is 1.96. The summed E-state index contributed by atoms with van der Waals surface area (Å²) in [6, 6.07) is 0. The van der Waals surface area contributed by atoms with Gasteiger partial charge in [-0.1, -0.05) is 13.5 Å². The van der Waals surface area contributed by atoms with E-state index in [0.29, 0.717) is 12.0 Å². The van der Waals surface area contributed by atoms with E-state index in [1.807, 2.05) is 0 Å². The van der Waals surface area contributed by atoms with Gasteiger partial charge in [-0.3, -0.25) is 9.59 Å². The van der Waals surface area contributed by atoms with Crippen molar-refractivity contribution in [3.8, 4) is 0 Å². The number of ketones is 1. The fraction of sp³-hybridized carbons (Fsp3) is 0.429. The lowest BCUT2D eigenvalue weighted by molar-refractivity contribution is -0.135. The van der Waals surface area contributed by atoms with Crippen LogP contribution in [0.3, 0.4) is 0 Å². The van der Waals surface area contributed by atoms with E-state index in [2.05, 4.69) is 11.9 Å². The Morgan fingerprint density at radius 3 is 2.30 bits per heavy atom. The Morgan fingerprint density at radius 1 is 1.50 bits per heavy atom. The molecule has 0 saturated carbocycles. The predicted octanol–water partition coefficient (Wildman–Crippen LogP) is 0.268. The summed E-state index contributed by atoms with van der Waals surface area (Å²) >= 11 is 0. The minimum atomic E-state index is -0.591. The summed E-state index contributed by atoms with van der Waals surface area (Å²) in [5.41, 5.74) is 0.347. The van der Waals surface area contributed by atoms with Crippen LogP contribution in [-0.2, 0) is 9.59 Å². The highest BCUT2D eigenvalue weighted by Gasteiger charge is 2.12. The van der Waals surface area contributed by atoms with E-state index < -0.39 is 11.7 Å². The molecule has 3 heteroatoms. The number of hydrogen-bond acceptors (Lipinski definition) is 2. The van der Waals surface area contributed by atoms with Gasteiger partial charge in [0.05, 0.1) is 0 Å². The number of amides is 1. The molecule has 3 nitrogen and oxygen atoms in total. The molecule has 0 unspecified atom stereocenters. The number of rotatable bonds is 3. The first-order valence-corrected chi connectivity index (χ1v) is 3.07. The van der Waals surface area contributed by atoms with Gasteiger partial charge in [-0.05, 0) is 12.0 Å². The first-order chi connectivity index (χ1) is 4.63. The largest absolute Gasteiger partial charge is 0.352 e. The van der Waals surface area contributed by atoms with E-state index in [9.17, 15) is 9.59 Å². The molecular weight excluding hydrogens is 130 g/mol. The lowest BCUT2D eigenvalue weighted by Crippen LogP contribution is -2.28. The molecule has 0 spiro atoms. The van der Waals surface area contributed by atoms with E-state index in [1.54, 1.807) is 6.92 Å². The highest BCUT2D eigenvalue weighted by molar-refractivity contribution is 6.42. The molecule has 10 heavy (non-hydrogen) atoms. The van der Waals surface area contributed by atoms with Gasteiger partial charge in [0.25, 0.3) is 5.91 Å². The zero-order valence-electron chi connectivity index (χ0n) is 6.23. The van der Waals surface area contributed by atoms with Crippen LogP contribution in [0.5, 0.6) is 0 Å². The smallest absolute Gasteiger partial charge is 0.291 e. The molecule has 0 aromatic rings. The average Bonchev–Trinajstić information content (AvgIpc) is 2.00. The lowest BCUT2D eigenvalue weighted by atomic mass is 10.1. The first kappa shape index (κ1) is 8.88. The molecule has 0 aliphatic carbocycles. The Bertz CT molecular complexity index is 154. The van der Waals surface area contributed by atoms with Crippen molar-refractivity contribution >= 4 is 11.7 Å². The molecule has 0 aliphatic heterocycles. The van der Waals surface area contributed by atoms with Crippen molar-refractivity contribution in [2.45, 2.75) is 13.3 Å². The molecule has 0 radical (unpaired) electrons. The summed E-state index contributed by atoms with van der Waals surface area (Å²) in [6.45, 7) is 5.21. The summed E-state index contributed by atoms with van der Waals surface area (Å²) in [5, 5.41) is 2.23. The van der Waals surface area contributed by atoms with Gasteiger partial charge in [0, 0.05) is 7.05 Å². The third-order valence-corrected chi connectivity index (χ3v) is 1.18. The van der Waals surface area contributed by atoms with Crippen molar-refractivity contribution in [3.63, 3.8) is 0 Å². The zero-order chi connectivity index (χ0) is 8.15. The Labute approximate surface area is 60.1 Å². The van der Waals surface area contributed by atoms with E-state index >= 15 is 0 Å². The maximum absolute atomic E-state index is 10.8. The van der Waals surface area contributed by atoms with Gasteiger partial charge in [0.15, 0.2) is 0 Å². The van der Waals surface area contributed by atoms with Crippen molar-refractivity contribution in [1.29, 1.82) is 0 Å². The lowest BCUT2D eigenvalue weighted by Gasteiger charge is -1.97. The second-order valence-corrected chi connectivity index (χ2v) is 1.87. The van der Waals surface area contributed by atoms with E-state index in [1.165, 1.54) is 7.05 Å². The van der Waals surface area contributed by atoms with Crippen LogP contribution in [0, 0.1) is 0 Å². The van der Waals surface area contributed by atoms with E-state index in [4.69, 9.17) is 0 Å². The predicted molar refractivity (Wildman–Crippen MR) is 38.5 cm³/mol. The second-order valence-electron chi connectivity index (χ2n) is 1.87. The monoisotopic (exact) mass is 141 g/mol. The number of hydrogen-bond donors (Lipinski definition) is 1. The van der Waals surface area contributed by atoms with Crippen LogP contribution < -0.4 is 5.32 Å². The summed E-state index contributed by atoms with van der Waals surface area (Å²) in [7, 11) is 1.42. The van der Waals surface area contributed by atoms with Crippen molar-refractivity contribution in [2.75, 3.05) is 7.05 Å². The van der Waals surface area contributed by atoms with Crippen molar-refractivity contribution < 1.29 is 9.59 Å². The fourth-order valence-corrected chi connectivity index (χ4v) is 0.435. The number of Topliss-reactive ketones (excluding diaryl/α,β-unsaturated/α-hetero) is 1. The molecule has 0 atom stereocenters. The molecular formula is C7H11NO2. The van der Waals surface area contributed by atoms with Crippen LogP contribution in [0.1, 0.15) is 13.3 Å². The van der Waals surface area contributed by atoms with Gasteiger partial charge in [-0.15, -0.1) is 0 Å². The molecule has 56 valence electrons. The molecule has 0 aromatic heterocycles. The molecule has 0 aromatic carbocycles. The second kappa shape index (κ2) is 3.82. The zero-order valence-corrected chi connectivity index (χ0v) is 6.23. The number of carbonyl (C=O) groups excluding carboxylic acids is 2. The van der Waals surface area contributed by atoms with Crippen LogP contribution in [0.4, 0.5) is 0 Å². The van der Waals surface area contributed by atoms with Gasteiger partial charge in [-0.2, -0.15) is 0 Å². The average molecular weight is 141 g/mol. The maximum Gasteiger partial charge on any atom is 0.291 e. The number of carbonyl (C=O) groups is 2. The standard InChI is InChI=1S/C7H11NO2/c1-4-5(2)6(9)7(10)8-3/h2,4H2,1,3H3,(H,8,10). The van der Waals surface area contributed by atoms with Gasteiger partial charge < -0.3 is 5.32 Å². The van der Waals surface area contributed by atoms with Gasteiger partial charge >= 0.3 is 0 Å². The topological polar surface area (TPSA) is 46.2 Å². The van der Waals surface area contributed by atoms with Crippen LogP contribution in [0.15, 0.2) is 12.2 Å². The van der Waals surface area contributed by atoms with Gasteiger partial charge in [0.1, 0.15) is 0 Å². The number of nitrogens with one attached hydrogen (secondary N) is 1.